The van der Waals surface area contributed by atoms with Crippen molar-refractivity contribution >= 4 is 23.5 Å². The Morgan fingerprint density at radius 3 is 2.36 bits per heavy atom. The van der Waals surface area contributed by atoms with Crippen LogP contribution in [0.25, 0.3) is 0 Å². The molecular formula is C25H31N5O2S. The maximum atomic E-state index is 11.2. The van der Waals surface area contributed by atoms with E-state index in [1.54, 1.807) is 0 Å². The maximum Gasteiger partial charge on any atom is 0.245 e. The first-order valence-electron chi connectivity index (χ1n) is 11.0. The van der Waals surface area contributed by atoms with Gasteiger partial charge in [-0.3, -0.25) is 4.79 Å². The Morgan fingerprint density at radius 2 is 1.82 bits per heavy atom. The summed E-state index contributed by atoms with van der Waals surface area (Å²) < 4.78 is 0. The van der Waals surface area contributed by atoms with E-state index in [0.29, 0.717) is 46.6 Å². The van der Waals surface area contributed by atoms with Gasteiger partial charge in [-0.2, -0.15) is 10.5 Å². The van der Waals surface area contributed by atoms with E-state index < -0.39 is 12.5 Å². The van der Waals surface area contributed by atoms with Crippen molar-refractivity contribution in [2.24, 2.45) is 5.92 Å². The Labute approximate surface area is 200 Å². The number of benzene rings is 1. The molecule has 2 aromatic rings. The molecule has 1 aromatic heterocycles. The summed E-state index contributed by atoms with van der Waals surface area (Å²) in [4.78, 5) is 17.7. The molecule has 0 aliphatic rings. The van der Waals surface area contributed by atoms with Crippen LogP contribution in [0.5, 0.6) is 0 Å². The number of carbonyl (C=O) groups excluding carboxylic acids is 1. The molecular weight excluding hydrogens is 434 g/mol. The molecule has 1 amide bonds. The highest BCUT2D eigenvalue weighted by atomic mass is 32.2. The molecule has 0 radical (unpaired) electrons. The number of nitrogens with one attached hydrogen (secondary N) is 1. The van der Waals surface area contributed by atoms with Gasteiger partial charge in [-0.1, -0.05) is 44.5 Å². The second-order valence-corrected chi connectivity index (χ2v) is 9.14. The Balaban J connectivity index is 2.28. The smallest absolute Gasteiger partial charge is 0.245 e. The van der Waals surface area contributed by atoms with Crippen molar-refractivity contribution in [3.05, 3.63) is 52.1 Å². The lowest BCUT2D eigenvalue weighted by Gasteiger charge is -2.20. The summed E-state index contributed by atoms with van der Waals surface area (Å²) in [5.74, 6) is 1.31. The molecule has 0 fully saturated rings. The van der Waals surface area contributed by atoms with Gasteiger partial charge in [0.25, 0.3) is 0 Å². The van der Waals surface area contributed by atoms with Crippen LogP contribution >= 0.6 is 11.8 Å². The van der Waals surface area contributed by atoms with Crippen molar-refractivity contribution in [2.75, 3.05) is 25.6 Å². The molecule has 174 valence electrons. The van der Waals surface area contributed by atoms with Crippen molar-refractivity contribution < 1.29 is 9.90 Å². The predicted molar refractivity (Wildman–Crippen MR) is 131 cm³/mol. The zero-order valence-electron chi connectivity index (χ0n) is 19.7. The molecule has 1 atom stereocenters. The third-order valence-corrected chi connectivity index (χ3v) is 6.56. The highest BCUT2D eigenvalue weighted by molar-refractivity contribution is 7.98. The standard InChI is InChI=1S/C25H31N5O2S/c1-5-17(2)6-11-20-21(12-26)24(30(3)4)29-25(22(20)13-27)33-16-19-9-7-18(8-10-19)14-28-23(32)15-31/h7-10,17,31H,5-6,11,14-16H2,1-4H3,(H,28,32). The number of aromatic nitrogens is 1. The summed E-state index contributed by atoms with van der Waals surface area (Å²) >= 11 is 1.48. The quantitative estimate of drug-likeness (QED) is 0.486. The third kappa shape index (κ3) is 7.21. The maximum absolute atomic E-state index is 11.2. The van der Waals surface area contributed by atoms with Crippen LogP contribution in [0.15, 0.2) is 29.3 Å². The lowest BCUT2D eigenvalue weighted by atomic mass is 9.94. The van der Waals surface area contributed by atoms with Crippen molar-refractivity contribution in [3.8, 4) is 12.1 Å². The van der Waals surface area contributed by atoms with E-state index in [-0.39, 0.29) is 0 Å². The lowest BCUT2D eigenvalue weighted by molar-refractivity contribution is -0.123. The zero-order chi connectivity index (χ0) is 24.4. The Morgan fingerprint density at radius 1 is 1.18 bits per heavy atom. The fraction of sp³-hybridized carbons (Fsp3) is 0.440. The molecule has 0 aliphatic carbocycles. The van der Waals surface area contributed by atoms with Gasteiger partial charge >= 0.3 is 0 Å². The van der Waals surface area contributed by atoms with Gasteiger partial charge in [-0.15, -0.1) is 11.8 Å². The monoisotopic (exact) mass is 465 g/mol. The van der Waals surface area contributed by atoms with Crippen molar-refractivity contribution in [3.63, 3.8) is 0 Å². The number of rotatable bonds is 11. The van der Waals surface area contributed by atoms with Crippen LogP contribution in [0.1, 0.15) is 54.5 Å². The minimum atomic E-state index is -0.526. The fourth-order valence-electron chi connectivity index (χ4n) is 3.26. The van der Waals surface area contributed by atoms with E-state index in [9.17, 15) is 15.3 Å². The Kier molecular flexibility index (Phi) is 10.2. The summed E-state index contributed by atoms with van der Waals surface area (Å²) in [5.41, 5.74) is 3.76. The van der Waals surface area contributed by atoms with Gasteiger partial charge in [0, 0.05) is 26.4 Å². The molecule has 0 aliphatic heterocycles. The lowest BCUT2D eigenvalue weighted by Crippen LogP contribution is -2.25. The minimum Gasteiger partial charge on any atom is -0.387 e. The summed E-state index contributed by atoms with van der Waals surface area (Å²) in [6.45, 7) is 4.16. The molecule has 1 aromatic carbocycles. The first-order valence-corrected chi connectivity index (χ1v) is 12.0. The van der Waals surface area contributed by atoms with E-state index >= 15 is 0 Å². The molecule has 7 nitrogen and oxygen atoms in total. The molecule has 8 heteroatoms. The van der Waals surface area contributed by atoms with Gasteiger partial charge in [-0.05, 0) is 35.4 Å². The van der Waals surface area contributed by atoms with Crippen molar-refractivity contribution in [1.29, 1.82) is 10.5 Å². The second-order valence-electron chi connectivity index (χ2n) is 8.18. The number of nitriles is 2. The molecule has 0 saturated carbocycles. The molecule has 0 spiro atoms. The first kappa shape index (κ1) is 26.2. The van der Waals surface area contributed by atoms with E-state index in [1.807, 2.05) is 43.3 Å². The average molecular weight is 466 g/mol. The number of amides is 1. The van der Waals surface area contributed by atoms with Gasteiger partial charge in [0.1, 0.15) is 29.6 Å². The van der Waals surface area contributed by atoms with Gasteiger partial charge in [0.15, 0.2) is 0 Å². The van der Waals surface area contributed by atoms with E-state index in [2.05, 4.69) is 36.3 Å². The number of pyridine rings is 1. The van der Waals surface area contributed by atoms with Crippen LogP contribution in [0.3, 0.4) is 0 Å². The van der Waals surface area contributed by atoms with Crippen LogP contribution in [-0.4, -0.2) is 36.7 Å². The summed E-state index contributed by atoms with van der Waals surface area (Å²) in [5, 5.41) is 31.8. The predicted octanol–water partition coefficient (Wildman–Crippen LogP) is 3.77. The van der Waals surface area contributed by atoms with Crippen LogP contribution in [0.2, 0.25) is 0 Å². The Bertz CT molecular complexity index is 1040. The normalized spacial score (nSPS) is 11.4. The van der Waals surface area contributed by atoms with Gasteiger partial charge in [-0.25, -0.2) is 4.98 Å². The Hall–Kier alpha value is -3.07. The SMILES string of the molecule is CCC(C)CCc1c(C#N)c(SCc2ccc(CNC(=O)CO)cc2)nc(N(C)C)c1C#N. The average Bonchev–Trinajstić information content (AvgIpc) is 2.83. The van der Waals surface area contributed by atoms with Crippen LogP contribution in [-0.2, 0) is 23.5 Å². The minimum absolute atomic E-state index is 0.355. The molecule has 1 heterocycles. The number of nitrogens with zero attached hydrogens (tertiary/aromatic N) is 4. The van der Waals surface area contributed by atoms with Gasteiger partial charge in [0.05, 0.1) is 11.1 Å². The number of aliphatic hydroxyl groups excluding tert-OH is 1. The van der Waals surface area contributed by atoms with Crippen molar-refractivity contribution in [2.45, 2.75) is 50.4 Å². The number of thioether (sulfide) groups is 1. The van der Waals surface area contributed by atoms with E-state index in [4.69, 9.17) is 5.11 Å². The third-order valence-electron chi connectivity index (χ3n) is 5.51. The van der Waals surface area contributed by atoms with Gasteiger partial charge < -0.3 is 15.3 Å². The topological polar surface area (TPSA) is 113 Å². The molecule has 2 N–H and O–H groups in total. The van der Waals surface area contributed by atoms with Crippen molar-refractivity contribution in [1.82, 2.24) is 10.3 Å². The second kappa shape index (κ2) is 12.8. The van der Waals surface area contributed by atoms with Gasteiger partial charge in [0.2, 0.25) is 5.91 Å². The number of carbonyl (C=O) groups is 1. The highest BCUT2D eigenvalue weighted by Crippen LogP contribution is 2.33. The molecule has 0 bridgehead atoms. The summed E-state index contributed by atoms with van der Waals surface area (Å²) in [7, 11) is 3.72. The molecule has 2 rings (SSSR count). The number of aliphatic hydroxyl groups is 1. The van der Waals surface area contributed by atoms with Crippen LogP contribution in [0.4, 0.5) is 5.82 Å². The fourth-order valence-corrected chi connectivity index (χ4v) is 4.22. The zero-order valence-corrected chi connectivity index (χ0v) is 20.5. The van der Waals surface area contributed by atoms with E-state index in [0.717, 1.165) is 29.5 Å². The largest absolute Gasteiger partial charge is 0.387 e. The number of hydrogen-bond donors (Lipinski definition) is 2. The molecule has 33 heavy (non-hydrogen) atoms. The summed E-state index contributed by atoms with van der Waals surface area (Å²) in [6, 6.07) is 12.4. The van der Waals surface area contributed by atoms with Crippen LogP contribution < -0.4 is 10.2 Å². The van der Waals surface area contributed by atoms with Crippen LogP contribution in [0, 0.1) is 28.6 Å². The number of hydrogen-bond acceptors (Lipinski definition) is 7. The van der Waals surface area contributed by atoms with E-state index in [1.165, 1.54) is 11.8 Å². The molecule has 0 saturated heterocycles. The summed E-state index contributed by atoms with van der Waals surface area (Å²) in [6.07, 6.45) is 2.64. The highest BCUT2D eigenvalue weighted by Gasteiger charge is 2.21. The molecule has 1 unspecified atom stereocenters. The first-order chi connectivity index (χ1) is 15.8. The number of anilines is 1.